The number of anilines is 1. The minimum atomic E-state index is -1.01. The molecule has 1 aromatic heterocycles. The second-order valence-electron chi connectivity index (χ2n) is 7.55. The van der Waals surface area contributed by atoms with E-state index in [4.69, 9.17) is 0 Å². The van der Waals surface area contributed by atoms with Crippen LogP contribution in [0.2, 0.25) is 0 Å². The Bertz CT molecular complexity index is 1380. The predicted molar refractivity (Wildman–Crippen MR) is 122 cm³/mol. The Balaban J connectivity index is 1.74. The van der Waals surface area contributed by atoms with Crippen molar-refractivity contribution >= 4 is 44.1 Å². The highest BCUT2D eigenvalue weighted by Gasteiger charge is 2.48. The highest BCUT2D eigenvalue weighted by Crippen LogP contribution is 2.44. The van der Waals surface area contributed by atoms with Crippen LogP contribution in [0.3, 0.4) is 0 Å². The van der Waals surface area contributed by atoms with Crippen LogP contribution in [0.15, 0.2) is 78.4 Å². The lowest BCUT2D eigenvalue weighted by Crippen LogP contribution is -2.29. The molecule has 1 amide bonds. The number of aryl methyl sites for hydroxylation is 1. The Hall–Kier alpha value is -3.84. The maximum absolute atomic E-state index is 14.1. The van der Waals surface area contributed by atoms with Gasteiger partial charge in [0.05, 0.1) is 21.8 Å². The number of aliphatic hydroxyl groups excluding tert-OH is 1. The standard InChI is InChI=1S/C25H17FN2O3S/c1-14-9-11-15(12-10-14)22(29)20-21(16-5-4-6-17(26)13-16)28(24(31)23(20)30)25-27-18-7-2-3-8-19(18)32-25/h2-13,21,29H,1H3/b22-20+/t21-/m0/s1. The van der Waals surface area contributed by atoms with Gasteiger partial charge in [0.1, 0.15) is 11.6 Å². The number of fused-ring (bicyclic) bond motifs is 1. The lowest BCUT2D eigenvalue weighted by molar-refractivity contribution is -0.132. The van der Waals surface area contributed by atoms with Crippen molar-refractivity contribution in [3.63, 3.8) is 0 Å². The molecule has 0 radical (unpaired) electrons. The zero-order chi connectivity index (χ0) is 22.4. The molecule has 1 saturated heterocycles. The third kappa shape index (κ3) is 3.27. The minimum absolute atomic E-state index is 0.0938. The van der Waals surface area contributed by atoms with Crippen molar-refractivity contribution in [3.05, 3.63) is 101 Å². The average Bonchev–Trinajstić information content (AvgIpc) is 3.32. The van der Waals surface area contributed by atoms with E-state index in [1.807, 2.05) is 31.2 Å². The number of ketones is 1. The molecule has 1 N–H and O–H groups in total. The largest absolute Gasteiger partial charge is 0.507 e. The van der Waals surface area contributed by atoms with Crippen LogP contribution in [0.5, 0.6) is 0 Å². The van der Waals surface area contributed by atoms with Crippen molar-refractivity contribution in [1.29, 1.82) is 0 Å². The van der Waals surface area contributed by atoms with Gasteiger partial charge in [-0.25, -0.2) is 9.37 Å². The first-order chi connectivity index (χ1) is 15.4. The van der Waals surface area contributed by atoms with Gasteiger partial charge in [0.15, 0.2) is 5.13 Å². The summed E-state index contributed by atoms with van der Waals surface area (Å²) in [5.74, 6) is -2.46. The van der Waals surface area contributed by atoms with Crippen LogP contribution in [0.25, 0.3) is 16.0 Å². The zero-order valence-electron chi connectivity index (χ0n) is 16.9. The number of carbonyl (C=O) groups excluding carboxylic acids is 2. The Kier molecular flexibility index (Phi) is 4.83. The number of benzene rings is 3. The third-order valence-electron chi connectivity index (χ3n) is 5.42. The van der Waals surface area contributed by atoms with E-state index >= 15 is 0 Å². The number of Topliss-reactive ketones (excluding diaryl/α,β-unsaturated/α-hetero) is 1. The number of halogens is 1. The maximum Gasteiger partial charge on any atom is 0.301 e. The normalized spacial score (nSPS) is 17.9. The molecule has 3 aromatic carbocycles. The summed E-state index contributed by atoms with van der Waals surface area (Å²) in [4.78, 5) is 32.1. The quantitative estimate of drug-likeness (QED) is 0.262. The fraction of sp³-hybridized carbons (Fsp3) is 0.0800. The summed E-state index contributed by atoms with van der Waals surface area (Å²) in [7, 11) is 0. The molecule has 2 heterocycles. The Morgan fingerprint density at radius 3 is 2.50 bits per heavy atom. The predicted octanol–water partition coefficient (Wildman–Crippen LogP) is 5.37. The number of aliphatic hydroxyl groups is 1. The van der Waals surface area contributed by atoms with E-state index in [0.717, 1.165) is 10.3 Å². The number of amides is 1. The van der Waals surface area contributed by atoms with Gasteiger partial charge in [-0.15, -0.1) is 0 Å². The molecule has 0 saturated carbocycles. The minimum Gasteiger partial charge on any atom is -0.507 e. The summed E-state index contributed by atoms with van der Waals surface area (Å²) < 4.78 is 15.0. The first-order valence-corrected chi connectivity index (χ1v) is 10.7. The molecule has 1 atom stereocenters. The molecule has 158 valence electrons. The fourth-order valence-electron chi connectivity index (χ4n) is 3.85. The first-order valence-electron chi connectivity index (χ1n) is 9.93. The number of aromatic nitrogens is 1. The average molecular weight is 444 g/mol. The van der Waals surface area contributed by atoms with E-state index in [0.29, 0.717) is 21.8 Å². The van der Waals surface area contributed by atoms with Crippen LogP contribution in [0, 0.1) is 12.7 Å². The summed E-state index contributed by atoms with van der Waals surface area (Å²) in [6.45, 7) is 1.91. The van der Waals surface area contributed by atoms with E-state index in [1.54, 1.807) is 30.3 Å². The third-order valence-corrected chi connectivity index (χ3v) is 6.46. The zero-order valence-corrected chi connectivity index (χ0v) is 17.8. The maximum atomic E-state index is 14.1. The molecule has 32 heavy (non-hydrogen) atoms. The Morgan fingerprint density at radius 2 is 1.78 bits per heavy atom. The number of thiazole rings is 1. The molecule has 5 nitrogen and oxygen atoms in total. The Morgan fingerprint density at radius 1 is 1.03 bits per heavy atom. The van der Waals surface area contributed by atoms with Crippen LogP contribution < -0.4 is 4.90 Å². The highest BCUT2D eigenvalue weighted by atomic mass is 32.1. The van der Waals surface area contributed by atoms with Crippen molar-refractivity contribution in [2.75, 3.05) is 4.90 Å². The molecular weight excluding hydrogens is 427 g/mol. The van der Waals surface area contributed by atoms with Crippen molar-refractivity contribution in [2.45, 2.75) is 13.0 Å². The van der Waals surface area contributed by atoms with Gasteiger partial charge in [0, 0.05) is 5.56 Å². The topological polar surface area (TPSA) is 70.5 Å². The van der Waals surface area contributed by atoms with Gasteiger partial charge in [-0.05, 0) is 36.8 Å². The SMILES string of the molecule is Cc1ccc(/C(O)=C2\C(=O)C(=O)N(c3nc4ccccc4s3)[C@H]2c2cccc(F)c2)cc1. The summed E-state index contributed by atoms with van der Waals surface area (Å²) in [5, 5.41) is 11.4. The Labute approximate surface area is 187 Å². The molecule has 0 spiro atoms. The van der Waals surface area contributed by atoms with Gasteiger partial charge in [-0.2, -0.15) is 0 Å². The molecule has 0 unspecified atom stereocenters. The van der Waals surface area contributed by atoms with Gasteiger partial charge in [0.25, 0.3) is 5.78 Å². The lowest BCUT2D eigenvalue weighted by atomic mass is 9.95. The highest BCUT2D eigenvalue weighted by molar-refractivity contribution is 7.22. The second-order valence-corrected chi connectivity index (χ2v) is 8.56. The number of hydrogen-bond donors (Lipinski definition) is 1. The van der Waals surface area contributed by atoms with Gasteiger partial charge < -0.3 is 5.11 Å². The number of hydrogen-bond acceptors (Lipinski definition) is 5. The number of rotatable bonds is 3. The fourth-order valence-corrected chi connectivity index (χ4v) is 4.84. The van der Waals surface area contributed by atoms with E-state index in [1.165, 1.54) is 34.4 Å². The summed E-state index contributed by atoms with van der Waals surface area (Å²) in [6, 6.07) is 19.0. The summed E-state index contributed by atoms with van der Waals surface area (Å²) in [5.41, 5.74) is 2.35. The van der Waals surface area contributed by atoms with Crippen molar-refractivity contribution < 1.29 is 19.1 Å². The number of carbonyl (C=O) groups is 2. The van der Waals surface area contributed by atoms with Crippen LogP contribution in [-0.4, -0.2) is 21.8 Å². The molecule has 5 rings (SSSR count). The summed E-state index contributed by atoms with van der Waals surface area (Å²) in [6.07, 6.45) is 0. The molecule has 0 aliphatic carbocycles. The van der Waals surface area contributed by atoms with Gasteiger partial charge in [-0.3, -0.25) is 14.5 Å². The van der Waals surface area contributed by atoms with Crippen LogP contribution in [0.1, 0.15) is 22.7 Å². The van der Waals surface area contributed by atoms with Crippen molar-refractivity contribution in [2.24, 2.45) is 0 Å². The molecule has 1 aliphatic heterocycles. The van der Waals surface area contributed by atoms with E-state index < -0.39 is 23.5 Å². The summed E-state index contributed by atoms with van der Waals surface area (Å²) >= 11 is 1.26. The van der Waals surface area contributed by atoms with E-state index in [9.17, 15) is 19.1 Å². The molecular formula is C25H17FN2O3S. The molecule has 7 heteroatoms. The lowest BCUT2D eigenvalue weighted by Gasteiger charge is -2.23. The van der Waals surface area contributed by atoms with Crippen molar-refractivity contribution in [1.82, 2.24) is 4.98 Å². The van der Waals surface area contributed by atoms with Gasteiger partial charge >= 0.3 is 5.91 Å². The first kappa shape index (κ1) is 20.1. The molecule has 1 aliphatic rings. The second kappa shape index (κ2) is 7.69. The molecule has 1 fully saturated rings. The van der Waals surface area contributed by atoms with Crippen LogP contribution >= 0.6 is 11.3 Å². The number of nitrogens with zero attached hydrogens (tertiary/aromatic N) is 2. The van der Waals surface area contributed by atoms with Gasteiger partial charge in [0.2, 0.25) is 0 Å². The van der Waals surface area contributed by atoms with E-state index in [2.05, 4.69) is 4.98 Å². The van der Waals surface area contributed by atoms with Crippen LogP contribution in [-0.2, 0) is 9.59 Å². The van der Waals surface area contributed by atoms with Crippen LogP contribution in [0.4, 0.5) is 9.52 Å². The number of para-hydroxylation sites is 1. The monoisotopic (exact) mass is 444 g/mol. The smallest absolute Gasteiger partial charge is 0.301 e. The molecule has 0 bridgehead atoms. The van der Waals surface area contributed by atoms with E-state index in [-0.39, 0.29) is 11.3 Å². The van der Waals surface area contributed by atoms with Crippen molar-refractivity contribution in [3.8, 4) is 0 Å². The molecule has 4 aromatic rings. The van der Waals surface area contributed by atoms with Gasteiger partial charge in [-0.1, -0.05) is 65.4 Å².